The summed E-state index contributed by atoms with van der Waals surface area (Å²) in [5.74, 6) is -2.12. The lowest BCUT2D eigenvalue weighted by Crippen LogP contribution is -2.54. The highest BCUT2D eigenvalue weighted by Gasteiger charge is 2.45. The Labute approximate surface area is 318 Å². The number of aromatic nitrogens is 3. The lowest BCUT2D eigenvalue weighted by Gasteiger charge is -2.42. The molecule has 4 aliphatic rings. The van der Waals surface area contributed by atoms with Crippen LogP contribution in [0.5, 0.6) is 0 Å². The summed E-state index contributed by atoms with van der Waals surface area (Å²) in [5.41, 5.74) is 2.05. The largest absolute Gasteiger partial charge is 0.418 e. The van der Waals surface area contributed by atoms with Crippen LogP contribution in [0.15, 0.2) is 47.4 Å². The molecular weight excluding hydrogens is 742 g/mol. The molecule has 2 unspecified atom stereocenters. The van der Waals surface area contributed by atoms with Crippen LogP contribution in [0, 0.1) is 5.92 Å². The second-order valence-corrected chi connectivity index (χ2v) is 15.9. The number of benzene rings is 2. The molecule has 2 aromatic heterocycles. The number of halogens is 6. The molecule has 56 heavy (non-hydrogen) atoms. The van der Waals surface area contributed by atoms with Crippen molar-refractivity contribution in [2.75, 3.05) is 52.0 Å². The van der Waals surface area contributed by atoms with E-state index in [0.717, 1.165) is 30.4 Å². The van der Waals surface area contributed by atoms with Crippen molar-refractivity contribution in [2.24, 2.45) is 5.92 Å². The summed E-state index contributed by atoms with van der Waals surface area (Å²) in [6, 6.07) is 9.52. The van der Waals surface area contributed by atoms with Gasteiger partial charge < -0.3 is 25.4 Å². The molecule has 3 atom stereocenters. The van der Waals surface area contributed by atoms with Gasteiger partial charge in [-0.2, -0.15) is 26.3 Å². The number of fused-ring (bicyclic) bond motifs is 5. The fourth-order valence-corrected chi connectivity index (χ4v) is 9.65. The van der Waals surface area contributed by atoms with Gasteiger partial charge >= 0.3 is 18.0 Å². The third-order valence-electron chi connectivity index (χ3n) is 12.6. The van der Waals surface area contributed by atoms with Crippen molar-refractivity contribution in [3.05, 3.63) is 69.8 Å². The summed E-state index contributed by atoms with van der Waals surface area (Å²) in [4.78, 5) is 56.8. The van der Waals surface area contributed by atoms with Crippen molar-refractivity contribution in [2.45, 2.75) is 81.5 Å². The van der Waals surface area contributed by atoms with Crippen LogP contribution in [0.2, 0.25) is 0 Å². The Morgan fingerprint density at radius 1 is 0.875 bits per heavy atom. The number of anilines is 1. The lowest BCUT2D eigenvalue weighted by molar-refractivity contribution is -0.143. The number of nitrogen functional groups attached to an aromatic ring is 1. The molecular formula is C39H44F6N8O3. The number of carbonyl (C=O) groups is 2. The highest BCUT2D eigenvalue weighted by molar-refractivity contribution is 6.01. The number of likely N-dealkylation sites (tertiary alicyclic amines) is 4. The molecule has 0 saturated carbocycles. The van der Waals surface area contributed by atoms with Crippen molar-refractivity contribution in [3.8, 4) is 0 Å². The number of nitrogens with two attached hydrogens (primary N) is 1. The Bertz CT molecular complexity index is 2170. The van der Waals surface area contributed by atoms with Gasteiger partial charge in [0.25, 0.3) is 0 Å². The van der Waals surface area contributed by atoms with Gasteiger partial charge in [-0.25, -0.2) is 4.79 Å². The standard InChI is InChI=1S/C39H44F6N8O3/c1-49-20-27-18-26(49)21-52(27)24-6-12-51(13-7-24)36(55)23(14-22-15-29(38(40,41)42)34(46)30(16-22)39(43,44)45)17-33(54)50-10-8-25(9-11-50)53-32-19-47-31-5-3-2-4-28(31)35(32)48-37(53)56/h2-5,15-16,19,23-27H,6-14,17-18,20-21,46H2,1H3,(H,48,56)/t23-,26?,27?/m0/s1. The molecule has 4 saturated heterocycles. The number of para-hydroxylation sites is 1. The van der Waals surface area contributed by atoms with E-state index in [4.69, 9.17) is 5.73 Å². The fourth-order valence-electron chi connectivity index (χ4n) is 9.65. The molecule has 11 nitrogen and oxygen atoms in total. The molecule has 0 spiro atoms. The zero-order valence-electron chi connectivity index (χ0n) is 30.9. The molecule has 2 aromatic carbocycles. The van der Waals surface area contributed by atoms with E-state index in [0.29, 0.717) is 74.0 Å². The number of H-pyrrole nitrogens is 1. The van der Waals surface area contributed by atoms with Crippen LogP contribution < -0.4 is 11.4 Å². The first kappa shape index (κ1) is 38.2. The molecule has 17 heteroatoms. The zero-order chi connectivity index (χ0) is 39.7. The molecule has 6 heterocycles. The number of rotatable bonds is 7. The van der Waals surface area contributed by atoms with E-state index < -0.39 is 59.7 Å². The summed E-state index contributed by atoms with van der Waals surface area (Å²) in [7, 11) is 2.12. The number of hydrogen-bond acceptors (Lipinski definition) is 7. The van der Waals surface area contributed by atoms with Crippen molar-refractivity contribution >= 4 is 39.4 Å². The molecule has 300 valence electrons. The van der Waals surface area contributed by atoms with Crippen LogP contribution in [0.25, 0.3) is 21.9 Å². The number of piperidine rings is 2. The number of piperazine rings is 1. The van der Waals surface area contributed by atoms with Crippen LogP contribution in [0.4, 0.5) is 32.0 Å². The molecule has 8 rings (SSSR count). The minimum Gasteiger partial charge on any atom is -0.398 e. The summed E-state index contributed by atoms with van der Waals surface area (Å²) < 4.78 is 85.5. The van der Waals surface area contributed by atoms with Crippen molar-refractivity contribution in [1.29, 1.82) is 0 Å². The number of imidazole rings is 1. The number of hydrogen-bond donors (Lipinski definition) is 2. The number of pyridine rings is 1. The van der Waals surface area contributed by atoms with E-state index in [1.54, 1.807) is 20.6 Å². The highest BCUT2D eigenvalue weighted by Crippen LogP contribution is 2.43. The highest BCUT2D eigenvalue weighted by atomic mass is 19.4. The maximum Gasteiger partial charge on any atom is 0.418 e. The number of carbonyl (C=O) groups excluding carboxylic acids is 2. The zero-order valence-corrected chi connectivity index (χ0v) is 30.9. The molecule has 4 aliphatic heterocycles. The number of likely N-dealkylation sites (N-methyl/N-ethyl adjacent to an activating group) is 1. The van der Waals surface area contributed by atoms with Crippen molar-refractivity contribution in [3.63, 3.8) is 0 Å². The van der Waals surface area contributed by atoms with E-state index in [1.165, 1.54) is 0 Å². The van der Waals surface area contributed by atoms with Gasteiger partial charge in [-0.1, -0.05) is 18.2 Å². The normalized spacial score (nSPS) is 22.5. The quantitative estimate of drug-likeness (QED) is 0.193. The van der Waals surface area contributed by atoms with E-state index in [9.17, 15) is 40.7 Å². The summed E-state index contributed by atoms with van der Waals surface area (Å²) in [6.45, 7) is 3.16. The van der Waals surface area contributed by atoms with E-state index >= 15 is 0 Å². The fraction of sp³-hybridized carbons (Fsp3) is 0.538. The first-order chi connectivity index (χ1) is 26.6. The maximum absolute atomic E-state index is 14.2. The van der Waals surface area contributed by atoms with Crippen LogP contribution >= 0.6 is 0 Å². The van der Waals surface area contributed by atoms with Gasteiger partial charge in [0.05, 0.1) is 45.5 Å². The molecule has 3 N–H and O–H groups in total. The molecule has 4 fully saturated rings. The van der Waals surface area contributed by atoms with Gasteiger partial charge in [-0.3, -0.25) is 24.0 Å². The third kappa shape index (κ3) is 7.12. The third-order valence-corrected chi connectivity index (χ3v) is 12.6. The first-order valence-electron chi connectivity index (χ1n) is 19.1. The summed E-state index contributed by atoms with van der Waals surface area (Å²) in [6.07, 6.45) is -6.34. The predicted molar refractivity (Wildman–Crippen MR) is 197 cm³/mol. The summed E-state index contributed by atoms with van der Waals surface area (Å²) in [5, 5.41) is 0.801. The molecule has 0 radical (unpaired) electrons. The number of amides is 2. The molecule has 0 aliphatic carbocycles. The second-order valence-electron chi connectivity index (χ2n) is 15.9. The average molecular weight is 787 g/mol. The number of nitrogens with zero attached hydrogens (tertiary/aromatic N) is 6. The van der Waals surface area contributed by atoms with Crippen LogP contribution in [0.3, 0.4) is 0 Å². The minimum absolute atomic E-state index is 0.238. The Kier molecular flexibility index (Phi) is 9.82. The van der Waals surface area contributed by atoms with E-state index in [2.05, 4.69) is 26.8 Å². The monoisotopic (exact) mass is 786 g/mol. The number of alkyl halides is 6. The molecule has 2 bridgehead atoms. The summed E-state index contributed by atoms with van der Waals surface area (Å²) >= 11 is 0. The maximum atomic E-state index is 14.2. The number of aromatic amines is 1. The molecule has 2 amide bonds. The Morgan fingerprint density at radius 3 is 2.11 bits per heavy atom. The van der Waals surface area contributed by atoms with Gasteiger partial charge in [-0.05, 0) is 69.3 Å². The van der Waals surface area contributed by atoms with Gasteiger partial charge in [-0.15, -0.1) is 0 Å². The number of nitrogens with one attached hydrogen (secondary N) is 1. The minimum atomic E-state index is -5.18. The van der Waals surface area contributed by atoms with Crippen molar-refractivity contribution in [1.82, 2.24) is 34.1 Å². The van der Waals surface area contributed by atoms with Crippen molar-refractivity contribution < 1.29 is 35.9 Å². The average Bonchev–Trinajstić information content (AvgIpc) is 3.85. The van der Waals surface area contributed by atoms with Crippen LogP contribution in [-0.4, -0.2) is 110 Å². The predicted octanol–water partition coefficient (Wildman–Crippen LogP) is 5.29. The van der Waals surface area contributed by atoms with Crippen LogP contribution in [0.1, 0.15) is 61.3 Å². The SMILES string of the molecule is CN1CC2CC1CN2C1CCN(C(=O)[C@H](CC(=O)N2CCC(n3c(=O)[nH]c4c5ccccc5ncc43)CC2)Cc2cc(C(F)(F)F)c(N)c(C(F)(F)F)c2)CC1. The van der Waals surface area contributed by atoms with Gasteiger partial charge in [0.2, 0.25) is 11.8 Å². The Hall–Kier alpha value is -4.64. The Morgan fingerprint density at radius 2 is 1.50 bits per heavy atom. The van der Waals surface area contributed by atoms with Gasteiger partial charge in [0.15, 0.2) is 0 Å². The van der Waals surface area contributed by atoms with E-state index in [-0.39, 0.29) is 36.4 Å². The van der Waals surface area contributed by atoms with Crippen LogP contribution in [-0.2, 0) is 28.4 Å². The first-order valence-corrected chi connectivity index (χ1v) is 19.1. The molecule has 4 aromatic rings. The Balaban J connectivity index is 1.00. The van der Waals surface area contributed by atoms with E-state index in [1.807, 2.05) is 24.3 Å². The lowest BCUT2D eigenvalue weighted by atomic mass is 9.90. The second kappa shape index (κ2) is 14.4. The topological polar surface area (TPSA) is 124 Å². The van der Waals surface area contributed by atoms with Gasteiger partial charge in [0, 0.05) is 75.2 Å². The van der Waals surface area contributed by atoms with Gasteiger partial charge in [0.1, 0.15) is 0 Å². The smallest absolute Gasteiger partial charge is 0.398 e.